The molecule has 4 heteroatoms. The van der Waals surface area contributed by atoms with Gasteiger partial charge >= 0.3 is 0 Å². The molecule has 0 bridgehead atoms. The molecule has 0 spiro atoms. The fourth-order valence-electron chi connectivity index (χ4n) is 2.06. The third kappa shape index (κ3) is 2.27. The highest BCUT2D eigenvalue weighted by Gasteiger charge is 2.33. The van der Waals surface area contributed by atoms with Crippen LogP contribution in [0.3, 0.4) is 0 Å². The van der Waals surface area contributed by atoms with Gasteiger partial charge in [-0.1, -0.05) is 30.3 Å². The lowest BCUT2D eigenvalue weighted by Gasteiger charge is -2.21. The number of hydrogen-bond donors (Lipinski definition) is 1. The summed E-state index contributed by atoms with van der Waals surface area (Å²) in [6.07, 6.45) is 3.88. The van der Waals surface area contributed by atoms with E-state index in [-0.39, 0.29) is 5.91 Å². The SMILES string of the molecule is O=C(c1cc[nH]n1)N(Cc1ccccc1)C1CC1. The van der Waals surface area contributed by atoms with Crippen molar-refractivity contribution in [3.8, 4) is 0 Å². The van der Waals surface area contributed by atoms with Crippen LogP contribution in [-0.4, -0.2) is 27.0 Å². The third-order valence-corrected chi connectivity index (χ3v) is 3.16. The minimum atomic E-state index is 0.0163. The van der Waals surface area contributed by atoms with Crippen LogP contribution in [0.2, 0.25) is 0 Å². The Kier molecular flexibility index (Phi) is 2.84. The van der Waals surface area contributed by atoms with Gasteiger partial charge in [-0.15, -0.1) is 0 Å². The highest BCUT2D eigenvalue weighted by molar-refractivity contribution is 5.92. The first-order valence-corrected chi connectivity index (χ1v) is 6.19. The molecular formula is C14H15N3O. The van der Waals surface area contributed by atoms with Crippen molar-refractivity contribution < 1.29 is 4.79 Å². The average Bonchev–Trinajstić information content (AvgIpc) is 3.10. The van der Waals surface area contributed by atoms with Gasteiger partial charge in [-0.2, -0.15) is 5.10 Å². The number of carbonyl (C=O) groups is 1. The Bertz CT molecular complexity index is 517. The summed E-state index contributed by atoms with van der Waals surface area (Å²) in [5.41, 5.74) is 1.66. The van der Waals surface area contributed by atoms with Crippen LogP contribution >= 0.6 is 0 Å². The van der Waals surface area contributed by atoms with Gasteiger partial charge in [0.15, 0.2) is 0 Å². The molecule has 1 heterocycles. The van der Waals surface area contributed by atoms with E-state index >= 15 is 0 Å². The molecule has 0 radical (unpaired) electrons. The molecule has 3 rings (SSSR count). The third-order valence-electron chi connectivity index (χ3n) is 3.16. The maximum atomic E-state index is 12.3. The predicted molar refractivity (Wildman–Crippen MR) is 67.9 cm³/mol. The lowest BCUT2D eigenvalue weighted by atomic mass is 10.2. The van der Waals surface area contributed by atoms with Gasteiger partial charge in [0.2, 0.25) is 0 Å². The number of aromatic amines is 1. The number of carbonyl (C=O) groups excluding carboxylic acids is 1. The zero-order valence-corrected chi connectivity index (χ0v) is 10.0. The molecule has 4 nitrogen and oxygen atoms in total. The van der Waals surface area contributed by atoms with Gasteiger partial charge in [0, 0.05) is 18.8 Å². The molecule has 1 aliphatic carbocycles. The maximum Gasteiger partial charge on any atom is 0.274 e. The molecule has 0 unspecified atom stereocenters. The molecule has 2 aromatic rings. The minimum Gasteiger partial charge on any atom is -0.330 e. The van der Waals surface area contributed by atoms with E-state index in [1.54, 1.807) is 12.3 Å². The number of benzene rings is 1. The molecule has 92 valence electrons. The number of H-pyrrole nitrogens is 1. The van der Waals surface area contributed by atoms with E-state index in [2.05, 4.69) is 10.2 Å². The zero-order chi connectivity index (χ0) is 12.4. The molecule has 1 amide bonds. The van der Waals surface area contributed by atoms with E-state index in [4.69, 9.17) is 0 Å². The number of nitrogens with one attached hydrogen (secondary N) is 1. The van der Waals surface area contributed by atoms with Crippen LogP contribution in [0.25, 0.3) is 0 Å². The minimum absolute atomic E-state index is 0.0163. The fraction of sp³-hybridized carbons (Fsp3) is 0.286. The topological polar surface area (TPSA) is 49.0 Å². The van der Waals surface area contributed by atoms with Gasteiger partial charge in [-0.05, 0) is 24.5 Å². The number of aromatic nitrogens is 2. The van der Waals surface area contributed by atoms with Crippen LogP contribution in [0.4, 0.5) is 0 Å². The summed E-state index contributed by atoms with van der Waals surface area (Å²) >= 11 is 0. The molecule has 0 saturated heterocycles. The highest BCUT2D eigenvalue weighted by Crippen LogP contribution is 2.29. The van der Waals surface area contributed by atoms with Gasteiger partial charge in [0.1, 0.15) is 5.69 Å². The quantitative estimate of drug-likeness (QED) is 0.892. The molecule has 1 aromatic carbocycles. The van der Waals surface area contributed by atoms with Crippen molar-refractivity contribution in [2.45, 2.75) is 25.4 Å². The smallest absolute Gasteiger partial charge is 0.274 e. The lowest BCUT2D eigenvalue weighted by Crippen LogP contribution is -2.32. The van der Waals surface area contributed by atoms with Crippen molar-refractivity contribution in [1.29, 1.82) is 0 Å². The van der Waals surface area contributed by atoms with Crippen molar-refractivity contribution in [3.05, 3.63) is 53.9 Å². The van der Waals surface area contributed by atoms with Gasteiger partial charge in [0.25, 0.3) is 5.91 Å². The monoisotopic (exact) mass is 241 g/mol. The molecule has 1 fully saturated rings. The standard InChI is InChI=1S/C14H15N3O/c18-14(13-8-9-15-16-13)17(12-6-7-12)10-11-4-2-1-3-5-11/h1-5,8-9,12H,6-7,10H2,(H,15,16). The summed E-state index contributed by atoms with van der Waals surface area (Å²) in [7, 11) is 0. The van der Waals surface area contributed by atoms with Crippen LogP contribution in [0, 0.1) is 0 Å². The molecule has 1 saturated carbocycles. The summed E-state index contributed by atoms with van der Waals surface area (Å²) in [5.74, 6) is 0.0163. The molecule has 0 atom stereocenters. The average molecular weight is 241 g/mol. The van der Waals surface area contributed by atoms with Crippen LogP contribution in [0.1, 0.15) is 28.9 Å². The van der Waals surface area contributed by atoms with E-state index in [9.17, 15) is 4.79 Å². The van der Waals surface area contributed by atoms with Crippen molar-refractivity contribution >= 4 is 5.91 Å². The molecular weight excluding hydrogens is 226 g/mol. The largest absolute Gasteiger partial charge is 0.330 e. The Morgan fingerprint density at radius 1 is 1.28 bits per heavy atom. The normalized spacial score (nSPS) is 14.4. The van der Waals surface area contributed by atoms with E-state index in [1.165, 1.54) is 0 Å². The molecule has 1 aromatic heterocycles. The second-order valence-corrected chi connectivity index (χ2v) is 4.61. The Hall–Kier alpha value is -2.10. The summed E-state index contributed by atoms with van der Waals surface area (Å²) in [6, 6.07) is 12.2. The highest BCUT2D eigenvalue weighted by atomic mass is 16.2. The first kappa shape index (κ1) is 11.0. The summed E-state index contributed by atoms with van der Waals surface area (Å²) in [6.45, 7) is 0.664. The summed E-state index contributed by atoms with van der Waals surface area (Å²) < 4.78 is 0. The van der Waals surface area contributed by atoms with Gasteiger partial charge in [0.05, 0.1) is 0 Å². The summed E-state index contributed by atoms with van der Waals surface area (Å²) in [5, 5.41) is 6.66. The van der Waals surface area contributed by atoms with Crippen LogP contribution in [0.5, 0.6) is 0 Å². The second kappa shape index (κ2) is 4.64. The van der Waals surface area contributed by atoms with E-state index in [0.29, 0.717) is 18.3 Å². The molecule has 1 aliphatic rings. The Morgan fingerprint density at radius 3 is 2.67 bits per heavy atom. The van der Waals surface area contributed by atoms with Crippen LogP contribution in [-0.2, 0) is 6.54 Å². The predicted octanol–water partition coefficient (Wildman–Crippen LogP) is 2.21. The number of amides is 1. The Balaban J connectivity index is 1.79. The Labute approximate surface area is 106 Å². The van der Waals surface area contributed by atoms with Crippen LogP contribution < -0.4 is 0 Å². The number of rotatable bonds is 4. The zero-order valence-electron chi connectivity index (χ0n) is 10.0. The first-order chi connectivity index (χ1) is 8.84. The van der Waals surface area contributed by atoms with Crippen molar-refractivity contribution in [3.63, 3.8) is 0 Å². The van der Waals surface area contributed by atoms with E-state index in [0.717, 1.165) is 18.4 Å². The fourth-order valence-corrected chi connectivity index (χ4v) is 2.06. The maximum absolute atomic E-state index is 12.3. The summed E-state index contributed by atoms with van der Waals surface area (Å²) in [4.78, 5) is 14.3. The van der Waals surface area contributed by atoms with Crippen molar-refractivity contribution in [1.82, 2.24) is 15.1 Å². The molecule has 1 N–H and O–H groups in total. The van der Waals surface area contributed by atoms with Gasteiger partial charge in [-0.25, -0.2) is 0 Å². The second-order valence-electron chi connectivity index (χ2n) is 4.61. The van der Waals surface area contributed by atoms with Crippen LogP contribution in [0.15, 0.2) is 42.6 Å². The van der Waals surface area contributed by atoms with Gasteiger partial charge < -0.3 is 4.90 Å². The Morgan fingerprint density at radius 2 is 2.06 bits per heavy atom. The first-order valence-electron chi connectivity index (χ1n) is 6.19. The molecule has 18 heavy (non-hydrogen) atoms. The van der Waals surface area contributed by atoms with Gasteiger partial charge in [-0.3, -0.25) is 9.89 Å². The lowest BCUT2D eigenvalue weighted by molar-refractivity contribution is 0.0724. The van der Waals surface area contributed by atoms with E-state index in [1.807, 2.05) is 35.2 Å². The number of hydrogen-bond acceptors (Lipinski definition) is 2. The van der Waals surface area contributed by atoms with E-state index < -0.39 is 0 Å². The molecule has 0 aliphatic heterocycles. The van der Waals surface area contributed by atoms with Crippen molar-refractivity contribution in [2.75, 3.05) is 0 Å². The van der Waals surface area contributed by atoms with Crippen molar-refractivity contribution in [2.24, 2.45) is 0 Å². The number of nitrogens with zero attached hydrogens (tertiary/aromatic N) is 2.